The number of hydrogen-bond donors (Lipinski definition) is 2. The Morgan fingerprint density at radius 2 is 1.85 bits per heavy atom. The van der Waals surface area contributed by atoms with Crippen molar-refractivity contribution in [2.75, 3.05) is 6.54 Å². The van der Waals surface area contributed by atoms with Crippen LogP contribution in [-0.2, 0) is 16.1 Å². The Bertz CT molecular complexity index is 1360. The van der Waals surface area contributed by atoms with Crippen molar-refractivity contribution in [1.29, 1.82) is 0 Å². The molecule has 178 valence electrons. The smallest absolute Gasteiger partial charge is 0.325 e. The van der Waals surface area contributed by atoms with E-state index in [0.29, 0.717) is 15.7 Å². The van der Waals surface area contributed by atoms with Crippen LogP contribution in [0.3, 0.4) is 0 Å². The summed E-state index contributed by atoms with van der Waals surface area (Å²) in [5.74, 6) is -1.61. The first-order valence-corrected chi connectivity index (χ1v) is 12.0. The molecule has 34 heavy (non-hydrogen) atoms. The number of pyridine rings is 1. The third-order valence-electron chi connectivity index (χ3n) is 5.16. The van der Waals surface area contributed by atoms with Gasteiger partial charge in [0.25, 0.3) is 11.5 Å². The largest absolute Gasteiger partial charge is 0.506 e. The van der Waals surface area contributed by atoms with Crippen molar-refractivity contribution in [2.24, 2.45) is 0 Å². The summed E-state index contributed by atoms with van der Waals surface area (Å²) in [7, 11) is 0. The van der Waals surface area contributed by atoms with Crippen molar-refractivity contribution in [1.82, 2.24) is 9.88 Å². The van der Waals surface area contributed by atoms with Crippen molar-refractivity contribution < 1.29 is 24.2 Å². The van der Waals surface area contributed by atoms with Gasteiger partial charge in [0.2, 0.25) is 0 Å². The van der Waals surface area contributed by atoms with Crippen LogP contribution < -0.4 is 15.6 Å². The molecule has 0 spiro atoms. The fraction of sp³-hybridized carbons (Fsp3) is 0.292. The van der Waals surface area contributed by atoms with E-state index in [4.69, 9.17) is 9.47 Å². The van der Waals surface area contributed by atoms with Gasteiger partial charge in [-0.1, -0.05) is 44.0 Å². The standard InChI is InChI=1S/C24H22Br2N2O6/c1-24(2,3)34-18(29)10-27-22(31)19-21(30)15-8-14(26)9-16-20(15)28(23(19)32)11-17(33-16)12-4-6-13(25)7-5-12/h4-9,17,30H,10-11H2,1-3H3,(H,27,31). The van der Waals surface area contributed by atoms with Gasteiger partial charge in [-0.3, -0.25) is 19.0 Å². The molecule has 1 aliphatic rings. The summed E-state index contributed by atoms with van der Waals surface area (Å²) in [5.41, 5.74) is -0.612. The van der Waals surface area contributed by atoms with E-state index in [1.54, 1.807) is 32.9 Å². The average Bonchev–Trinajstić information content (AvgIpc) is 2.74. The van der Waals surface area contributed by atoms with E-state index in [1.807, 2.05) is 24.3 Å². The predicted octanol–water partition coefficient (Wildman–Crippen LogP) is 4.44. The summed E-state index contributed by atoms with van der Waals surface area (Å²) in [4.78, 5) is 38.3. The van der Waals surface area contributed by atoms with Gasteiger partial charge in [0, 0.05) is 14.3 Å². The molecule has 3 aromatic rings. The van der Waals surface area contributed by atoms with Crippen LogP contribution in [0.5, 0.6) is 11.5 Å². The molecule has 10 heteroatoms. The van der Waals surface area contributed by atoms with Crippen molar-refractivity contribution in [2.45, 2.75) is 39.0 Å². The average molecular weight is 594 g/mol. The zero-order valence-corrected chi connectivity index (χ0v) is 21.8. The second-order valence-electron chi connectivity index (χ2n) is 8.87. The van der Waals surface area contributed by atoms with E-state index in [1.165, 1.54) is 4.57 Å². The molecule has 0 radical (unpaired) electrons. The number of carbonyl (C=O) groups excluding carboxylic acids is 2. The van der Waals surface area contributed by atoms with Crippen molar-refractivity contribution in [3.63, 3.8) is 0 Å². The predicted molar refractivity (Wildman–Crippen MR) is 133 cm³/mol. The van der Waals surface area contributed by atoms with Gasteiger partial charge >= 0.3 is 5.97 Å². The highest BCUT2D eigenvalue weighted by Gasteiger charge is 2.30. The van der Waals surface area contributed by atoms with Crippen LogP contribution in [0.15, 0.2) is 50.1 Å². The van der Waals surface area contributed by atoms with Crippen LogP contribution in [0.4, 0.5) is 0 Å². The lowest BCUT2D eigenvalue weighted by Crippen LogP contribution is -2.39. The summed E-state index contributed by atoms with van der Waals surface area (Å²) in [6, 6.07) is 10.8. The Morgan fingerprint density at radius 3 is 2.50 bits per heavy atom. The molecule has 0 fully saturated rings. The zero-order valence-electron chi connectivity index (χ0n) is 18.6. The Hall–Kier alpha value is -2.85. The van der Waals surface area contributed by atoms with Gasteiger partial charge in [0.15, 0.2) is 0 Å². The lowest BCUT2D eigenvalue weighted by molar-refractivity contribution is -0.153. The number of rotatable bonds is 4. The van der Waals surface area contributed by atoms with Crippen LogP contribution >= 0.6 is 31.9 Å². The molecule has 0 saturated carbocycles. The van der Waals surface area contributed by atoms with Crippen LogP contribution in [0.1, 0.15) is 42.8 Å². The number of amides is 1. The van der Waals surface area contributed by atoms with Gasteiger partial charge in [-0.05, 0) is 50.6 Å². The van der Waals surface area contributed by atoms with Crippen molar-refractivity contribution >= 4 is 54.6 Å². The highest BCUT2D eigenvalue weighted by atomic mass is 79.9. The number of carbonyl (C=O) groups is 2. The first-order chi connectivity index (χ1) is 15.9. The minimum absolute atomic E-state index is 0.137. The molecule has 1 aromatic heterocycles. The summed E-state index contributed by atoms with van der Waals surface area (Å²) in [6.07, 6.45) is -0.488. The highest BCUT2D eigenvalue weighted by Crippen LogP contribution is 2.41. The summed E-state index contributed by atoms with van der Waals surface area (Å²) in [5, 5.41) is 13.5. The van der Waals surface area contributed by atoms with E-state index in [2.05, 4.69) is 37.2 Å². The van der Waals surface area contributed by atoms with E-state index in [0.717, 1.165) is 10.0 Å². The van der Waals surface area contributed by atoms with E-state index in [-0.39, 0.29) is 11.9 Å². The highest BCUT2D eigenvalue weighted by molar-refractivity contribution is 9.10. The molecule has 2 heterocycles. The first kappa shape index (κ1) is 24.3. The van der Waals surface area contributed by atoms with E-state index in [9.17, 15) is 19.5 Å². The molecule has 8 nitrogen and oxygen atoms in total. The number of aromatic hydroxyl groups is 1. The van der Waals surface area contributed by atoms with Crippen LogP contribution in [0.25, 0.3) is 10.9 Å². The van der Waals surface area contributed by atoms with Crippen molar-refractivity contribution in [3.05, 3.63) is 66.8 Å². The third kappa shape index (κ3) is 4.83. The molecule has 4 rings (SSSR count). The molecule has 0 aliphatic carbocycles. The topological polar surface area (TPSA) is 107 Å². The number of halogens is 2. The van der Waals surface area contributed by atoms with Crippen LogP contribution in [0.2, 0.25) is 0 Å². The number of nitrogens with one attached hydrogen (secondary N) is 1. The monoisotopic (exact) mass is 592 g/mol. The molecule has 1 aliphatic heterocycles. The lowest BCUT2D eigenvalue weighted by atomic mass is 10.0. The van der Waals surface area contributed by atoms with Crippen molar-refractivity contribution in [3.8, 4) is 11.5 Å². The summed E-state index contributed by atoms with van der Waals surface area (Å²) >= 11 is 6.81. The maximum Gasteiger partial charge on any atom is 0.325 e. The van der Waals surface area contributed by atoms with E-state index >= 15 is 0 Å². The van der Waals surface area contributed by atoms with Gasteiger partial charge in [-0.15, -0.1) is 0 Å². The van der Waals surface area contributed by atoms with Crippen LogP contribution in [0, 0.1) is 0 Å². The lowest BCUT2D eigenvalue weighted by Gasteiger charge is -2.29. The Kier molecular flexibility index (Phi) is 6.48. The number of ether oxygens (including phenoxy) is 2. The zero-order chi connectivity index (χ0) is 24.8. The molecule has 1 atom stereocenters. The minimum Gasteiger partial charge on any atom is -0.506 e. The Morgan fingerprint density at radius 1 is 1.18 bits per heavy atom. The van der Waals surface area contributed by atoms with Gasteiger partial charge in [0.1, 0.15) is 35.3 Å². The fourth-order valence-electron chi connectivity index (χ4n) is 3.80. The third-order valence-corrected chi connectivity index (χ3v) is 6.15. The number of esters is 1. The molecular formula is C24H22Br2N2O6. The molecule has 0 saturated heterocycles. The molecular weight excluding hydrogens is 572 g/mol. The maximum atomic E-state index is 13.4. The quantitative estimate of drug-likeness (QED) is 0.433. The Balaban J connectivity index is 1.75. The number of nitrogens with zero attached hydrogens (tertiary/aromatic N) is 1. The van der Waals surface area contributed by atoms with Gasteiger partial charge < -0.3 is 19.9 Å². The van der Waals surface area contributed by atoms with Gasteiger partial charge in [-0.2, -0.15) is 0 Å². The molecule has 0 bridgehead atoms. The van der Waals surface area contributed by atoms with E-state index < -0.39 is 47.0 Å². The summed E-state index contributed by atoms with van der Waals surface area (Å²) in [6.45, 7) is 4.81. The van der Waals surface area contributed by atoms with Crippen LogP contribution in [-0.4, -0.2) is 33.7 Å². The second-order valence-corrected chi connectivity index (χ2v) is 10.7. The number of benzene rings is 2. The SMILES string of the molecule is CC(C)(C)OC(=O)CNC(=O)c1c(O)c2cc(Br)cc3c2n(c1=O)CC(c1ccc(Br)cc1)O3. The normalized spacial score (nSPS) is 15.0. The molecule has 2 N–H and O–H groups in total. The molecule has 1 unspecified atom stereocenters. The number of aromatic nitrogens is 1. The Labute approximate surface area is 212 Å². The summed E-state index contributed by atoms with van der Waals surface area (Å²) < 4.78 is 14.3. The maximum absolute atomic E-state index is 13.4. The number of hydrogen-bond acceptors (Lipinski definition) is 6. The van der Waals surface area contributed by atoms with Gasteiger partial charge in [0.05, 0.1) is 12.1 Å². The van der Waals surface area contributed by atoms with Gasteiger partial charge in [-0.25, -0.2) is 0 Å². The first-order valence-electron chi connectivity index (χ1n) is 10.5. The minimum atomic E-state index is -0.868. The fourth-order valence-corrected chi connectivity index (χ4v) is 4.50. The molecule has 2 aromatic carbocycles. The second kappa shape index (κ2) is 9.07. The molecule has 1 amide bonds.